The molecule has 1 heterocycles. The second kappa shape index (κ2) is 10.3. The molecular weight excluding hydrogens is 329 g/mol. The first-order valence-electron chi connectivity index (χ1n) is 8.77. The van der Waals surface area contributed by atoms with Crippen LogP contribution >= 0.6 is 0 Å². The van der Waals surface area contributed by atoms with Crippen molar-refractivity contribution < 1.29 is 4.39 Å². The number of H-pyrrole nitrogens is 1. The quantitative estimate of drug-likeness (QED) is 0.458. The molecule has 2 rings (SSSR count). The molecule has 5 nitrogen and oxygen atoms in total. The minimum absolute atomic E-state index is 0.537. The molecule has 0 aliphatic heterocycles. The lowest BCUT2D eigenvalue weighted by molar-refractivity contribution is 0.721. The number of aryl methyl sites for hydroxylation is 1. The van der Waals surface area contributed by atoms with E-state index in [9.17, 15) is 4.39 Å². The fourth-order valence-electron chi connectivity index (χ4n) is 2.68. The predicted molar refractivity (Wildman–Crippen MR) is 105 cm³/mol. The average Bonchev–Trinajstić information content (AvgIpc) is 3.10. The van der Waals surface area contributed by atoms with Gasteiger partial charge in [0.1, 0.15) is 5.82 Å². The Morgan fingerprint density at radius 1 is 1.35 bits per heavy atom. The highest BCUT2D eigenvalue weighted by molar-refractivity contribution is 5.64. The normalized spacial score (nSPS) is 12.4. The molecule has 0 spiro atoms. The SMILES string of the molecule is C\C=C/C(=C\C=C\F)Cc1cc(-c2n[nH]c(CCC)n2)ccc1NNC. The maximum Gasteiger partial charge on any atom is 0.181 e. The average molecular weight is 355 g/mol. The predicted octanol–water partition coefficient (Wildman–Crippen LogP) is 4.50. The maximum absolute atomic E-state index is 12.4. The van der Waals surface area contributed by atoms with Gasteiger partial charge < -0.3 is 5.43 Å². The van der Waals surface area contributed by atoms with Gasteiger partial charge in [0.15, 0.2) is 5.82 Å². The van der Waals surface area contributed by atoms with Crippen molar-refractivity contribution >= 4 is 5.69 Å². The topological polar surface area (TPSA) is 65.6 Å². The van der Waals surface area contributed by atoms with Crippen LogP contribution in [0.2, 0.25) is 0 Å². The first-order valence-corrected chi connectivity index (χ1v) is 8.77. The van der Waals surface area contributed by atoms with Crippen LogP contribution in [0.4, 0.5) is 10.1 Å². The standard InChI is InChI=1S/C20H26FN5/c1-4-7-15(9-6-12-21)13-17-14-16(10-11-18(17)24-22-3)20-23-19(8-5-2)25-26-20/h4,6-7,9-12,14,22,24H,5,8,13H2,1-3H3,(H,23,25,26)/b7-4-,12-6+,15-9+. The number of hydrogen-bond acceptors (Lipinski definition) is 4. The van der Waals surface area contributed by atoms with Crippen molar-refractivity contribution in [2.75, 3.05) is 12.5 Å². The summed E-state index contributed by atoms with van der Waals surface area (Å²) in [5.41, 5.74) is 10.1. The van der Waals surface area contributed by atoms with E-state index in [1.165, 1.54) is 6.08 Å². The smallest absolute Gasteiger partial charge is 0.181 e. The number of hydrogen-bond donors (Lipinski definition) is 3. The van der Waals surface area contributed by atoms with E-state index in [1.807, 2.05) is 38.3 Å². The molecule has 0 unspecified atom stereocenters. The summed E-state index contributed by atoms with van der Waals surface area (Å²) >= 11 is 0. The Labute approximate surface area is 154 Å². The number of nitrogens with one attached hydrogen (secondary N) is 3. The highest BCUT2D eigenvalue weighted by Gasteiger charge is 2.10. The van der Waals surface area contributed by atoms with E-state index in [1.54, 1.807) is 6.08 Å². The lowest BCUT2D eigenvalue weighted by Crippen LogP contribution is -2.16. The third kappa shape index (κ3) is 5.39. The van der Waals surface area contributed by atoms with Crippen LogP contribution in [0.5, 0.6) is 0 Å². The summed E-state index contributed by atoms with van der Waals surface area (Å²) in [6.07, 6.45) is 10.2. The minimum Gasteiger partial charge on any atom is -0.321 e. The van der Waals surface area contributed by atoms with Gasteiger partial charge in [0.25, 0.3) is 0 Å². The summed E-state index contributed by atoms with van der Waals surface area (Å²) < 4.78 is 12.4. The van der Waals surface area contributed by atoms with E-state index in [-0.39, 0.29) is 0 Å². The molecule has 138 valence electrons. The van der Waals surface area contributed by atoms with Crippen LogP contribution in [0.1, 0.15) is 31.7 Å². The zero-order valence-electron chi connectivity index (χ0n) is 15.5. The number of halogens is 1. The summed E-state index contributed by atoms with van der Waals surface area (Å²) in [5, 5.41) is 7.32. The summed E-state index contributed by atoms with van der Waals surface area (Å²) in [6, 6.07) is 6.05. The van der Waals surface area contributed by atoms with Gasteiger partial charge in [-0.3, -0.25) is 5.10 Å². The van der Waals surface area contributed by atoms with E-state index < -0.39 is 0 Å². The second-order valence-electron chi connectivity index (χ2n) is 5.84. The van der Waals surface area contributed by atoms with Crippen LogP contribution in [-0.2, 0) is 12.8 Å². The molecule has 2 aromatic rings. The molecule has 0 saturated carbocycles. The molecule has 0 bridgehead atoms. The van der Waals surface area contributed by atoms with Gasteiger partial charge in [0, 0.05) is 19.0 Å². The van der Waals surface area contributed by atoms with Gasteiger partial charge >= 0.3 is 0 Å². The molecular formula is C20H26FN5. The number of nitrogens with zero attached hydrogens (tertiary/aromatic N) is 2. The zero-order chi connectivity index (χ0) is 18.8. The van der Waals surface area contributed by atoms with Gasteiger partial charge in [-0.05, 0) is 55.2 Å². The van der Waals surface area contributed by atoms with Crippen LogP contribution in [0.25, 0.3) is 11.4 Å². The number of allylic oxidation sites excluding steroid dienone is 5. The van der Waals surface area contributed by atoms with Crippen molar-refractivity contribution in [2.24, 2.45) is 0 Å². The Kier molecular flexibility index (Phi) is 7.76. The third-order valence-corrected chi connectivity index (χ3v) is 3.80. The second-order valence-corrected chi connectivity index (χ2v) is 5.84. The van der Waals surface area contributed by atoms with Crippen LogP contribution in [0.3, 0.4) is 0 Å². The number of benzene rings is 1. The van der Waals surface area contributed by atoms with Crippen LogP contribution < -0.4 is 10.9 Å². The molecule has 0 atom stereocenters. The molecule has 0 aliphatic carbocycles. The van der Waals surface area contributed by atoms with Gasteiger partial charge in [0.05, 0.1) is 12.0 Å². The minimum atomic E-state index is 0.537. The first-order chi connectivity index (χ1) is 12.7. The Balaban J connectivity index is 2.37. The lowest BCUT2D eigenvalue weighted by Gasteiger charge is -2.13. The van der Waals surface area contributed by atoms with Gasteiger partial charge in [0.2, 0.25) is 0 Å². The first kappa shape index (κ1) is 19.6. The van der Waals surface area contributed by atoms with Crippen molar-refractivity contribution in [2.45, 2.75) is 33.1 Å². The number of anilines is 1. The van der Waals surface area contributed by atoms with Gasteiger partial charge in [-0.15, -0.1) is 0 Å². The monoisotopic (exact) mass is 355 g/mol. The molecule has 0 saturated heterocycles. The molecule has 0 aliphatic rings. The summed E-state index contributed by atoms with van der Waals surface area (Å²) in [4.78, 5) is 4.56. The summed E-state index contributed by atoms with van der Waals surface area (Å²) in [5.74, 6) is 1.58. The number of aromatic amines is 1. The Bertz CT molecular complexity index is 789. The molecule has 6 heteroatoms. The van der Waals surface area contributed by atoms with Crippen LogP contribution in [-0.4, -0.2) is 22.2 Å². The van der Waals surface area contributed by atoms with E-state index in [0.717, 1.165) is 41.1 Å². The fourth-order valence-corrected chi connectivity index (χ4v) is 2.68. The van der Waals surface area contributed by atoms with E-state index in [0.29, 0.717) is 18.6 Å². The molecule has 1 aromatic heterocycles. The Morgan fingerprint density at radius 3 is 2.88 bits per heavy atom. The molecule has 0 fully saturated rings. The van der Waals surface area contributed by atoms with Crippen molar-refractivity contribution in [1.29, 1.82) is 0 Å². The van der Waals surface area contributed by atoms with Crippen LogP contribution in [0.15, 0.2) is 54.4 Å². The number of aromatic nitrogens is 3. The van der Waals surface area contributed by atoms with Crippen molar-refractivity contribution in [3.63, 3.8) is 0 Å². The van der Waals surface area contributed by atoms with Gasteiger partial charge in [-0.1, -0.05) is 25.2 Å². The van der Waals surface area contributed by atoms with Crippen molar-refractivity contribution in [1.82, 2.24) is 20.6 Å². The van der Waals surface area contributed by atoms with Crippen LogP contribution in [0, 0.1) is 0 Å². The maximum atomic E-state index is 12.4. The van der Waals surface area contributed by atoms with E-state index in [4.69, 9.17) is 0 Å². The Hall–Kier alpha value is -2.73. The molecule has 0 radical (unpaired) electrons. The van der Waals surface area contributed by atoms with E-state index >= 15 is 0 Å². The Morgan fingerprint density at radius 2 is 2.19 bits per heavy atom. The largest absolute Gasteiger partial charge is 0.321 e. The summed E-state index contributed by atoms with van der Waals surface area (Å²) in [7, 11) is 1.82. The van der Waals surface area contributed by atoms with Gasteiger partial charge in [-0.2, -0.15) is 5.10 Å². The van der Waals surface area contributed by atoms with Crippen molar-refractivity contribution in [3.05, 3.63) is 65.8 Å². The zero-order valence-corrected chi connectivity index (χ0v) is 15.5. The number of rotatable bonds is 9. The molecule has 3 N–H and O–H groups in total. The lowest BCUT2D eigenvalue weighted by atomic mass is 10.00. The summed E-state index contributed by atoms with van der Waals surface area (Å²) in [6.45, 7) is 4.05. The van der Waals surface area contributed by atoms with Gasteiger partial charge in [-0.25, -0.2) is 14.8 Å². The third-order valence-electron chi connectivity index (χ3n) is 3.80. The number of hydrazine groups is 1. The fraction of sp³-hybridized carbons (Fsp3) is 0.300. The molecule has 0 amide bonds. The van der Waals surface area contributed by atoms with Crippen molar-refractivity contribution in [3.8, 4) is 11.4 Å². The molecule has 1 aromatic carbocycles. The molecule has 26 heavy (non-hydrogen) atoms. The van der Waals surface area contributed by atoms with E-state index in [2.05, 4.69) is 39.0 Å². The highest BCUT2D eigenvalue weighted by atomic mass is 19.1. The highest BCUT2D eigenvalue weighted by Crippen LogP contribution is 2.25.